The molecule has 2 aromatic rings. The van der Waals surface area contributed by atoms with Gasteiger partial charge in [0.05, 0.1) is 11.1 Å². The average molecular weight is 615 g/mol. The van der Waals surface area contributed by atoms with Crippen LogP contribution in [0.5, 0.6) is 0 Å². The number of hydrogen-bond donors (Lipinski definition) is 2. The molecule has 2 aliphatic rings. The zero-order valence-electron chi connectivity index (χ0n) is 26.1. The second-order valence-corrected chi connectivity index (χ2v) is 19.1. The van der Waals surface area contributed by atoms with Gasteiger partial charge in [-0.2, -0.15) is 0 Å². The van der Waals surface area contributed by atoms with Crippen molar-refractivity contribution in [1.29, 1.82) is 0 Å². The summed E-state index contributed by atoms with van der Waals surface area (Å²) in [6.07, 6.45) is 1.90. The summed E-state index contributed by atoms with van der Waals surface area (Å²) in [5.74, 6) is -0.899. The summed E-state index contributed by atoms with van der Waals surface area (Å²) in [5.41, 5.74) is 0.555. The molecule has 0 bridgehead atoms. The molecular formula is C31H43FN4O6Si. The number of aromatic nitrogens is 1. The first kappa shape index (κ1) is 32.6. The lowest BCUT2D eigenvalue weighted by Gasteiger charge is -2.32. The summed E-state index contributed by atoms with van der Waals surface area (Å²) >= 11 is 0. The van der Waals surface area contributed by atoms with E-state index < -0.39 is 42.9 Å². The molecule has 1 aromatic heterocycles. The number of halogens is 1. The number of alkyl carbamates (subject to hydrolysis) is 1. The first-order valence-electron chi connectivity index (χ1n) is 14.6. The van der Waals surface area contributed by atoms with Crippen molar-refractivity contribution in [2.24, 2.45) is 0 Å². The fraction of sp³-hybridized carbons (Fsp3) is 0.548. The van der Waals surface area contributed by atoms with Gasteiger partial charge in [0.15, 0.2) is 0 Å². The topological polar surface area (TPSA) is 119 Å². The molecule has 3 heterocycles. The van der Waals surface area contributed by atoms with Crippen LogP contribution in [0, 0.1) is 12.7 Å². The van der Waals surface area contributed by atoms with Crippen molar-refractivity contribution < 1.29 is 33.0 Å². The number of pyridine rings is 1. The molecule has 43 heavy (non-hydrogen) atoms. The molecule has 1 atom stereocenters. The molecule has 3 amide bonds. The predicted octanol–water partition coefficient (Wildman–Crippen LogP) is 5.44. The Kier molecular flexibility index (Phi) is 9.62. The van der Waals surface area contributed by atoms with E-state index in [0.29, 0.717) is 49.5 Å². The Balaban J connectivity index is 1.61. The maximum absolute atomic E-state index is 14.0. The highest BCUT2D eigenvalue weighted by molar-refractivity contribution is 6.76. The van der Waals surface area contributed by atoms with Crippen molar-refractivity contribution in [1.82, 2.24) is 10.3 Å². The van der Waals surface area contributed by atoms with Crippen LogP contribution in [-0.4, -0.2) is 63.1 Å². The summed E-state index contributed by atoms with van der Waals surface area (Å²) < 4.78 is 31.0. The largest absolute Gasteiger partial charge is 0.444 e. The van der Waals surface area contributed by atoms with E-state index >= 15 is 0 Å². The molecule has 1 aromatic carbocycles. The van der Waals surface area contributed by atoms with E-state index in [1.54, 1.807) is 44.9 Å². The Labute approximate surface area is 253 Å². The van der Waals surface area contributed by atoms with Crippen LogP contribution >= 0.6 is 0 Å². The summed E-state index contributed by atoms with van der Waals surface area (Å²) in [6.45, 7) is 15.1. The first-order valence-corrected chi connectivity index (χ1v) is 18.3. The van der Waals surface area contributed by atoms with E-state index in [9.17, 15) is 18.8 Å². The van der Waals surface area contributed by atoms with Crippen molar-refractivity contribution in [2.45, 2.75) is 83.3 Å². The summed E-state index contributed by atoms with van der Waals surface area (Å²) in [6, 6.07) is 5.61. The van der Waals surface area contributed by atoms with Crippen molar-refractivity contribution in [3.8, 4) is 0 Å². The normalized spacial score (nSPS) is 17.0. The van der Waals surface area contributed by atoms with Gasteiger partial charge in [-0.15, -0.1) is 0 Å². The molecule has 0 saturated carbocycles. The maximum atomic E-state index is 14.0. The fourth-order valence-electron chi connectivity index (χ4n) is 5.23. The van der Waals surface area contributed by atoms with Gasteiger partial charge < -0.3 is 24.8 Å². The third kappa shape index (κ3) is 7.79. The van der Waals surface area contributed by atoms with Crippen molar-refractivity contribution in [2.75, 3.05) is 36.8 Å². The van der Waals surface area contributed by atoms with Crippen molar-refractivity contribution in [3.63, 3.8) is 0 Å². The van der Waals surface area contributed by atoms with Gasteiger partial charge in [0.1, 0.15) is 30.0 Å². The first-order chi connectivity index (χ1) is 20.1. The monoisotopic (exact) mass is 614 g/mol. The van der Waals surface area contributed by atoms with Gasteiger partial charge in [-0.05, 0) is 63.8 Å². The number of nitrogens with one attached hydrogen (secondary N) is 2. The molecule has 1 saturated heterocycles. The molecule has 0 aliphatic carbocycles. The fourth-order valence-corrected chi connectivity index (χ4v) is 5.98. The minimum absolute atomic E-state index is 0.0599. The van der Waals surface area contributed by atoms with Crippen molar-refractivity contribution in [3.05, 3.63) is 53.0 Å². The van der Waals surface area contributed by atoms with Gasteiger partial charge in [0, 0.05) is 45.7 Å². The number of hydrogen-bond acceptors (Lipinski definition) is 7. The Hall–Kier alpha value is -3.35. The summed E-state index contributed by atoms with van der Waals surface area (Å²) in [5, 5.41) is 5.37. The number of ether oxygens (including phenoxy) is 3. The second-order valence-electron chi connectivity index (χ2n) is 13.4. The lowest BCUT2D eigenvalue weighted by atomic mass is 9.76. The SMILES string of the molecule is Cc1cc(C(NC(=O)OC(C)(C)C)C(=O)Nc2cc3c(cn2)C2(CCOCC2)C(=O)N3COCC[Si](C)(C)C)ccc1F. The molecule has 12 heteroatoms. The zero-order chi connectivity index (χ0) is 31.6. The Morgan fingerprint density at radius 2 is 1.88 bits per heavy atom. The number of rotatable bonds is 9. The van der Waals surface area contributed by atoms with Gasteiger partial charge in [0.25, 0.3) is 5.91 Å². The van der Waals surface area contributed by atoms with E-state index in [4.69, 9.17) is 14.2 Å². The standard InChI is InChI=1S/C31H43FN4O6Si/c1-20-16-21(8-9-23(20)32)26(35-29(39)42-30(2,3)4)27(37)34-25-17-24-22(18-33-25)31(10-12-40-13-11-31)28(38)36(24)19-41-14-15-43(5,6)7/h8-9,16-18,26H,10-15,19H2,1-7H3,(H,35,39)(H,33,34,37). The lowest BCUT2D eigenvalue weighted by molar-refractivity contribution is -0.127. The van der Waals surface area contributed by atoms with E-state index in [1.165, 1.54) is 18.2 Å². The highest BCUT2D eigenvalue weighted by Gasteiger charge is 2.52. The van der Waals surface area contributed by atoms with E-state index in [0.717, 1.165) is 11.6 Å². The van der Waals surface area contributed by atoms with Gasteiger partial charge in [0.2, 0.25) is 5.91 Å². The molecule has 1 fully saturated rings. The highest BCUT2D eigenvalue weighted by Crippen LogP contribution is 2.48. The predicted molar refractivity (Wildman–Crippen MR) is 164 cm³/mol. The molecule has 0 radical (unpaired) electrons. The molecule has 2 aliphatic heterocycles. The zero-order valence-corrected chi connectivity index (χ0v) is 27.1. The smallest absolute Gasteiger partial charge is 0.408 e. The molecule has 4 rings (SSSR count). The van der Waals surface area contributed by atoms with Crippen LogP contribution in [0.15, 0.2) is 30.5 Å². The number of anilines is 2. The Morgan fingerprint density at radius 1 is 1.19 bits per heavy atom. The van der Waals surface area contributed by atoms with Crippen LogP contribution < -0.4 is 15.5 Å². The number of benzene rings is 1. The minimum atomic E-state index is -1.32. The van der Waals surface area contributed by atoms with Gasteiger partial charge >= 0.3 is 6.09 Å². The molecule has 2 N–H and O–H groups in total. The van der Waals surface area contributed by atoms with Crippen LogP contribution in [-0.2, 0) is 29.2 Å². The van der Waals surface area contributed by atoms with Crippen LogP contribution in [0.2, 0.25) is 25.7 Å². The quantitative estimate of drug-likeness (QED) is 0.285. The lowest BCUT2D eigenvalue weighted by Crippen LogP contribution is -2.44. The van der Waals surface area contributed by atoms with Crippen LogP contribution in [0.1, 0.15) is 56.3 Å². The Morgan fingerprint density at radius 3 is 2.51 bits per heavy atom. The van der Waals surface area contributed by atoms with Crippen LogP contribution in [0.4, 0.5) is 20.7 Å². The van der Waals surface area contributed by atoms with Crippen LogP contribution in [0.3, 0.4) is 0 Å². The third-order valence-corrected chi connectivity index (χ3v) is 9.30. The average Bonchev–Trinajstić information content (AvgIpc) is 3.12. The van der Waals surface area contributed by atoms with Crippen molar-refractivity contribution >= 4 is 37.5 Å². The maximum Gasteiger partial charge on any atom is 0.408 e. The van der Waals surface area contributed by atoms with E-state index in [2.05, 4.69) is 35.3 Å². The Bertz CT molecular complexity index is 1370. The summed E-state index contributed by atoms with van der Waals surface area (Å²) in [7, 11) is -1.32. The number of fused-ring (bicyclic) bond motifs is 2. The molecule has 1 unspecified atom stereocenters. The second kappa shape index (κ2) is 12.7. The number of aryl methyl sites for hydroxylation is 1. The molecule has 1 spiro atoms. The third-order valence-electron chi connectivity index (χ3n) is 7.60. The number of carbonyl (C=O) groups excluding carboxylic acids is 3. The molecule has 234 valence electrons. The van der Waals surface area contributed by atoms with Gasteiger partial charge in [-0.25, -0.2) is 14.2 Å². The van der Waals surface area contributed by atoms with E-state index in [1.807, 2.05) is 0 Å². The molecular weight excluding hydrogens is 571 g/mol. The number of carbonyl (C=O) groups is 3. The minimum Gasteiger partial charge on any atom is -0.444 e. The molecule has 10 nitrogen and oxygen atoms in total. The highest BCUT2D eigenvalue weighted by atomic mass is 28.3. The van der Waals surface area contributed by atoms with Crippen LogP contribution in [0.25, 0.3) is 0 Å². The van der Waals surface area contributed by atoms with Gasteiger partial charge in [-0.1, -0.05) is 31.8 Å². The number of amides is 3. The number of nitrogens with zero attached hydrogens (tertiary/aromatic N) is 2. The van der Waals surface area contributed by atoms with Gasteiger partial charge in [-0.3, -0.25) is 14.5 Å². The summed E-state index contributed by atoms with van der Waals surface area (Å²) in [4.78, 5) is 46.3. The van der Waals surface area contributed by atoms with E-state index in [-0.39, 0.29) is 18.5 Å².